The predicted molar refractivity (Wildman–Crippen MR) is 103 cm³/mol. The van der Waals surface area contributed by atoms with Gasteiger partial charge in [-0.05, 0) is 48.2 Å². The van der Waals surface area contributed by atoms with Crippen LogP contribution < -0.4 is 9.47 Å². The first kappa shape index (κ1) is 17.1. The van der Waals surface area contributed by atoms with Crippen LogP contribution >= 0.6 is 0 Å². The molecule has 2 aromatic carbocycles. The van der Waals surface area contributed by atoms with Gasteiger partial charge in [0.25, 0.3) is 11.8 Å². The highest BCUT2D eigenvalue weighted by molar-refractivity contribution is 6.07. The van der Waals surface area contributed by atoms with E-state index in [9.17, 15) is 9.59 Å². The van der Waals surface area contributed by atoms with E-state index >= 15 is 0 Å². The van der Waals surface area contributed by atoms with Gasteiger partial charge < -0.3 is 19.3 Å². The Bertz CT molecular complexity index is 1020. The third-order valence-electron chi connectivity index (χ3n) is 6.50. The molecule has 0 bridgehead atoms. The Hall–Kier alpha value is -3.02. The molecular formula is C22H22N2O4. The topological polar surface area (TPSA) is 59.1 Å². The molecule has 0 saturated carbocycles. The van der Waals surface area contributed by atoms with Gasteiger partial charge in [0.05, 0.1) is 20.3 Å². The van der Waals surface area contributed by atoms with Crippen molar-refractivity contribution in [2.45, 2.75) is 24.9 Å². The fraction of sp³-hybridized carbons (Fsp3) is 0.364. The van der Waals surface area contributed by atoms with E-state index in [0.717, 1.165) is 23.1 Å². The Morgan fingerprint density at radius 1 is 1.07 bits per heavy atom. The first-order valence-corrected chi connectivity index (χ1v) is 9.48. The lowest BCUT2D eigenvalue weighted by molar-refractivity contribution is -0.153. The van der Waals surface area contributed by atoms with Gasteiger partial charge in [-0.25, -0.2) is 0 Å². The van der Waals surface area contributed by atoms with Gasteiger partial charge >= 0.3 is 0 Å². The molecule has 2 aromatic rings. The molecule has 3 aliphatic rings. The van der Waals surface area contributed by atoms with Gasteiger partial charge in [-0.3, -0.25) is 9.59 Å². The number of piperazine rings is 1. The van der Waals surface area contributed by atoms with Gasteiger partial charge in [0.15, 0.2) is 11.5 Å². The molecule has 1 saturated heterocycles. The van der Waals surface area contributed by atoms with E-state index < -0.39 is 5.54 Å². The maximum atomic E-state index is 13.6. The van der Waals surface area contributed by atoms with Crippen molar-refractivity contribution < 1.29 is 19.1 Å². The van der Waals surface area contributed by atoms with Crippen LogP contribution in [0.1, 0.15) is 40.0 Å². The molecule has 28 heavy (non-hydrogen) atoms. The molecule has 2 atom stereocenters. The molecule has 6 heteroatoms. The number of hydrogen-bond donors (Lipinski definition) is 0. The number of rotatable bonds is 2. The number of fused-ring (bicyclic) bond motifs is 6. The number of amides is 2. The zero-order valence-electron chi connectivity index (χ0n) is 16.2. The molecule has 1 fully saturated rings. The number of nitrogens with zero attached hydrogens (tertiary/aromatic N) is 2. The first-order valence-electron chi connectivity index (χ1n) is 9.48. The zero-order chi connectivity index (χ0) is 19.6. The van der Waals surface area contributed by atoms with Crippen molar-refractivity contribution in [1.29, 1.82) is 0 Å². The number of hydrogen-bond acceptors (Lipinski definition) is 4. The van der Waals surface area contributed by atoms with Crippen LogP contribution in [0.3, 0.4) is 0 Å². The normalized spacial score (nSPS) is 25.0. The minimum Gasteiger partial charge on any atom is -0.493 e. The van der Waals surface area contributed by atoms with Crippen LogP contribution in [0, 0.1) is 0 Å². The van der Waals surface area contributed by atoms with Crippen molar-refractivity contribution in [1.82, 2.24) is 9.80 Å². The van der Waals surface area contributed by atoms with Gasteiger partial charge in [0, 0.05) is 18.7 Å². The Kier molecular flexibility index (Phi) is 3.50. The summed E-state index contributed by atoms with van der Waals surface area (Å²) < 4.78 is 10.9. The summed E-state index contributed by atoms with van der Waals surface area (Å²) in [6.07, 6.45) is 0.754. The van der Waals surface area contributed by atoms with Crippen molar-refractivity contribution in [2.75, 3.05) is 27.3 Å². The van der Waals surface area contributed by atoms with E-state index in [1.54, 1.807) is 19.1 Å². The molecule has 3 aliphatic heterocycles. The quantitative estimate of drug-likeness (QED) is 0.806. The molecule has 0 aromatic heterocycles. The van der Waals surface area contributed by atoms with Gasteiger partial charge in [-0.1, -0.05) is 18.2 Å². The molecule has 0 radical (unpaired) electrons. The summed E-state index contributed by atoms with van der Waals surface area (Å²) in [6, 6.07) is 11.2. The fourth-order valence-electron chi connectivity index (χ4n) is 5.00. The van der Waals surface area contributed by atoms with Crippen LogP contribution in [-0.2, 0) is 16.8 Å². The Morgan fingerprint density at radius 2 is 1.79 bits per heavy atom. The van der Waals surface area contributed by atoms with Crippen LogP contribution in [0.25, 0.3) is 0 Å². The molecule has 5 rings (SSSR count). The predicted octanol–water partition coefficient (Wildman–Crippen LogP) is 2.51. The molecule has 0 N–H and O–H groups in total. The van der Waals surface area contributed by atoms with Gasteiger partial charge in [0.2, 0.25) is 0 Å². The smallest absolute Gasteiger partial charge is 0.255 e. The van der Waals surface area contributed by atoms with Gasteiger partial charge in [-0.15, -0.1) is 0 Å². The summed E-state index contributed by atoms with van der Waals surface area (Å²) in [5.41, 5.74) is 2.67. The second-order valence-electron chi connectivity index (χ2n) is 7.70. The average molecular weight is 378 g/mol. The number of carbonyl (C=O) groups excluding carboxylic acids is 2. The summed E-state index contributed by atoms with van der Waals surface area (Å²) in [5.74, 6) is 1.24. The third-order valence-corrected chi connectivity index (χ3v) is 6.50. The summed E-state index contributed by atoms with van der Waals surface area (Å²) in [7, 11) is 3.23. The van der Waals surface area contributed by atoms with E-state index in [2.05, 4.69) is 0 Å². The largest absolute Gasteiger partial charge is 0.493 e. The van der Waals surface area contributed by atoms with E-state index in [4.69, 9.17) is 9.47 Å². The lowest BCUT2D eigenvalue weighted by Gasteiger charge is -2.50. The summed E-state index contributed by atoms with van der Waals surface area (Å²) in [4.78, 5) is 30.4. The van der Waals surface area contributed by atoms with Crippen LogP contribution in [0.4, 0.5) is 0 Å². The third kappa shape index (κ3) is 1.97. The second kappa shape index (κ2) is 5.74. The van der Waals surface area contributed by atoms with E-state index in [1.807, 2.05) is 48.2 Å². The Balaban J connectivity index is 1.63. The average Bonchev–Trinajstić information content (AvgIpc) is 2.95. The lowest BCUT2D eigenvalue weighted by atomic mass is 9.83. The minimum atomic E-state index is -0.932. The molecule has 3 heterocycles. The lowest BCUT2D eigenvalue weighted by Crippen LogP contribution is -2.63. The van der Waals surface area contributed by atoms with Crippen LogP contribution in [-0.4, -0.2) is 48.9 Å². The molecule has 0 unspecified atom stereocenters. The van der Waals surface area contributed by atoms with Crippen LogP contribution in [0.2, 0.25) is 0 Å². The van der Waals surface area contributed by atoms with Crippen molar-refractivity contribution in [3.8, 4) is 11.5 Å². The van der Waals surface area contributed by atoms with Gasteiger partial charge in [-0.2, -0.15) is 0 Å². The Morgan fingerprint density at radius 3 is 2.54 bits per heavy atom. The number of methoxy groups -OCH3 is 2. The maximum absolute atomic E-state index is 13.6. The fourth-order valence-corrected chi connectivity index (χ4v) is 5.00. The highest BCUT2D eigenvalue weighted by atomic mass is 16.5. The van der Waals surface area contributed by atoms with Crippen LogP contribution in [0.5, 0.6) is 11.5 Å². The van der Waals surface area contributed by atoms with Crippen molar-refractivity contribution >= 4 is 11.8 Å². The highest BCUT2D eigenvalue weighted by Crippen LogP contribution is 2.49. The second-order valence-corrected chi connectivity index (χ2v) is 7.70. The van der Waals surface area contributed by atoms with Gasteiger partial charge in [0.1, 0.15) is 5.54 Å². The standard InChI is InChI=1S/C22H22N2O4/c1-22-16-7-5-4-6-14(16)20(25)24(22)12-17-15-11-19(28-3)18(27-2)10-13(15)8-9-23(17)21(22)26/h4-7,10-11,17H,8-9,12H2,1-3H3/t17-,22+/m1/s1. The molecule has 0 spiro atoms. The van der Waals surface area contributed by atoms with Crippen LogP contribution in [0.15, 0.2) is 36.4 Å². The van der Waals surface area contributed by atoms with Crippen molar-refractivity contribution in [3.05, 3.63) is 58.7 Å². The van der Waals surface area contributed by atoms with E-state index in [1.165, 1.54) is 0 Å². The highest BCUT2D eigenvalue weighted by Gasteiger charge is 2.58. The van der Waals surface area contributed by atoms with Crippen molar-refractivity contribution in [3.63, 3.8) is 0 Å². The molecule has 0 aliphatic carbocycles. The maximum Gasteiger partial charge on any atom is 0.255 e. The first-order chi connectivity index (χ1) is 13.5. The SMILES string of the molecule is COc1cc2c(cc1OC)[C@H]1CN3C(=O)c4ccccc4[C@@]3(C)C(=O)N1CC2. The minimum absolute atomic E-state index is 0.0116. The zero-order valence-corrected chi connectivity index (χ0v) is 16.2. The molecule has 6 nitrogen and oxygen atoms in total. The monoisotopic (exact) mass is 378 g/mol. The van der Waals surface area contributed by atoms with Crippen molar-refractivity contribution in [2.24, 2.45) is 0 Å². The number of ether oxygens (including phenoxy) is 2. The number of benzene rings is 2. The molecule has 144 valence electrons. The summed E-state index contributed by atoms with van der Waals surface area (Å²) >= 11 is 0. The molecule has 2 amide bonds. The molecular weight excluding hydrogens is 356 g/mol. The summed E-state index contributed by atoms with van der Waals surface area (Å²) in [6.45, 7) is 2.98. The Labute approximate surface area is 163 Å². The summed E-state index contributed by atoms with van der Waals surface area (Å²) in [5, 5.41) is 0. The number of carbonyl (C=O) groups is 2. The van der Waals surface area contributed by atoms with E-state index in [-0.39, 0.29) is 17.9 Å². The van der Waals surface area contributed by atoms with E-state index in [0.29, 0.717) is 30.2 Å².